The number of benzene rings is 2. The van der Waals surface area contributed by atoms with Crippen molar-refractivity contribution >= 4 is 22.2 Å². The molecular weight excluding hydrogens is 296 g/mol. The van der Waals surface area contributed by atoms with Crippen LogP contribution in [0, 0.1) is 0 Å². The van der Waals surface area contributed by atoms with E-state index in [1.165, 1.54) is 0 Å². The van der Waals surface area contributed by atoms with E-state index in [0.29, 0.717) is 0 Å². The zero-order chi connectivity index (χ0) is 15.4. The first kappa shape index (κ1) is 14.4. The predicted octanol–water partition coefficient (Wildman–Crippen LogP) is 4.57. The summed E-state index contributed by atoms with van der Waals surface area (Å²) >= 11 is 1.57. The van der Waals surface area contributed by atoms with Crippen LogP contribution in [0.5, 0.6) is 11.5 Å². The zero-order valence-corrected chi connectivity index (χ0v) is 13.2. The van der Waals surface area contributed by atoms with Crippen molar-refractivity contribution in [2.75, 3.05) is 19.5 Å². The molecule has 0 unspecified atom stereocenters. The number of hydrogen-bond acceptors (Lipinski definition) is 5. The molecular formula is C17H16N2O2S. The Morgan fingerprint density at radius 2 is 1.73 bits per heavy atom. The molecule has 1 heterocycles. The molecule has 0 bridgehead atoms. The first-order valence-electron chi connectivity index (χ1n) is 6.79. The first-order valence-corrected chi connectivity index (χ1v) is 7.67. The van der Waals surface area contributed by atoms with E-state index in [-0.39, 0.29) is 0 Å². The van der Waals surface area contributed by atoms with Crippen LogP contribution in [0.1, 0.15) is 0 Å². The van der Waals surface area contributed by atoms with Crippen LogP contribution in [0.4, 0.5) is 10.8 Å². The lowest BCUT2D eigenvalue weighted by molar-refractivity contribution is 0.415. The van der Waals surface area contributed by atoms with Crippen LogP contribution in [-0.2, 0) is 0 Å². The third-order valence-electron chi connectivity index (χ3n) is 3.21. The predicted molar refractivity (Wildman–Crippen MR) is 90.4 cm³/mol. The summed E-state index contributed by atoms with van der Waals surface area (Å²) < 4.78 is 10.4. The summed E-state index contributed by atoms with van der Waals surface area (Å²) in [6, 6.07) is 15.7. The van der Waals surface area contributed by atoms with Gasteiger partial charge in [-0.1, -0.05) is 6.07 Å². The molecule has 0 aliphatic rings. The quantitative estimate of drug-likeness (QED) is 0.749. The highest BCUT2D eigenvalue weighted by atomic mass is 32.1. The van der Waals surface area contributed by atoms with Gasteiger partial charge in [0.1, 0.15) is 11.5 Å². The summed E-state index contributed by atoms with van der Waals surface area (Å²) in [5.41, 5.74) is 2.96. The van der Waals surface area contributed by atoms with Crippen LogP contribution < -0.4 is 14.8 Å². The molecule has 0 spiro atoms. The van der Waals surface area contributed by atoms with Crippen molar-refractivity contribution in [2.24, 2.45) is 0 Å². The van der Waals surface area contributed by atoms with Crippen molar-refractivity contribution < 1.29 is 9.47 Å². The number of aromatic nitrogens is 1. The topological polar surface area (TPSA) is 43.4 Å². The van der Waals surface area contributed by atoms with Crippen LogP contribution in [0.15, 0.2) is 53.9 Å². The fraction of sp³-hybridized carbons (Fsp3) is 0.118. The molecule has 3 rings (SSSR count). The third kappa shape index (κ3) is 3.20. The maximum atomic E-state index is 5.22. The second kappa shape index (κ2) is 6.49. The summed E-state index contributed by atoms with van der Waals surface area (Å²) in [5, 5.41) is 6.17. The van der Waals surface area contributed by atoms with Crippen LogP contribution in [0.2, 0.25) is 0 Å². The van der Waals surface area contributed by atoms with Crippen molar-refractivity contribution in [3.63, 3.8) is 0 Å². The van der Waals surface area contributed by atoms with Crippen LogP contribution in [0.3, 0.4) is 0 Å². The van der Waals surface area contributed by atoms with Gasteiger partial charge in [-0.3, -0.25) is 0 Å². The van der Waals surface area contributed by atoms with Gasteiger partial charge in [-0.05, 0) is 36.4 Å². The lowest BCUT2D eigenvalue weighted by Gasteiger charge is -2.05. The Morgan fingerprint density at radius 1 is 0.955 bits per heavy atom. The average molecular weight is 312 g/mol. The number of hydrogen-bond donors (Lipinski definition) is 1. The summed E-state index contributed by atoms with van der Waals surface area (Å²) in [4.78, 5) is 4.61. The summed E-state index contributed by atoms with van der Waals surface area (Å²) in [7, 11) is 3.32. The smallest absolute Gasteiger partial charge is 0.187 e. The molecule has 5 heteroatoms. The van der Waals surface area contributed by atoms with Gasteiger partial charge in [0, 0.05) is 22.7 Å². The number of nitrogens with zero attached hydrogens (tertiary/aromatic N) is 1. The van der Waals surface area contributed by atoms with Crippen LogP contribution >= 0.6 is 11.3 Å². The monoisotopic (exact) mass is 312 g/mol. The first-order chi connectivity index (χ1) is 10.8. The van der Waals surface area contributed by atoms with E-state index >= 15 is 0 Å². The molecule has 0 radical (unpaired) electrons. The van der Waals surface area contributed by atoms with Gasteiger partial charge in [-0.2, -0.15) is 0 Å². The maximum absolute atomic E-state index is 5.22. The second-order valence-electron chi connectivity index (χ2n) is 4.62. The van der Waals surface area contributed by atoms with Crippen LogP contribution in [0.25, 0.3) is 11.3 Å². The van der Waals surface area contributed by atoms with Gasteiger partial charge in [0.05, 0.1) is 19.9 Å². The highest BCUT2D eigenvalue weighted by Crippen LogP contribution is 2.29. The Balaban J connectivity index is 1.77. The average Bonchev–Trinajstić information content (AvgIpc) is 3.03. The zero-order valence-electron chi connectivity index (χ0n) is 12.4. The fourth-order valence-electron chi connectivity index (χ4n) is 2.05. The Kier molecular flexibility index (Phi) is 4.25. The molecule has 0 saturated heterocycles. The van der Waals surface area contributed by atoms with Crippen molar-refractivity contribution in [3.05, 3.63) is 53.9 Å². The van der Waals surface area contributed by atoms with E-state index in [1.807, 2.05) is 53.9 Å². The highest BCUT2D eigenvalue weighted by Gasteiger charge is 2.05. The normalized spacial score (nSPS) is 10.3. The molecule has 0 aliphatic carbocycles. The molecule has 1 aromatic heterocycles. The maximum Gasteiger partial charge on any atom is 0.187 e. The molecule has 4 nitrogen and oxygen atoms in total. The number of rotatable bonds is 5. The van der Waals surface area contributed by atoms with E-state index in [2.05, 4.69) is 10.3 Å². The van der Waals surface area contributed by atoms with Gasteiger partial charge in [-0.15, -0.1) is 11.3 Å². The third-order valence-corrected chi connectivity index (χ3v) is 3.97. The molecule has 2 aromatic carbocycles. The fourth-order valence-corrected chi connectivity index (χ4v) is 2.79. The van der Waals surface area contributed by atoms with Crippen molar-refractivity contribution in [2.45, 2.75) is 0 Å². The minimum Gasteiger partial charge on any atom is -0.497 e. The van der Waals surface area contributed by atoms with Crippen molar-refractivity contribution in [1.29, 1.82) is 0 Å². The standard InChI is InChI=1S/C17H16N2O2S/c1-20-14-8-6-12(7-9-14)16-11-22-17(19-16)18-13-4-3-5-15(10-13)21-2/h3-11H,1-2H3,(H,18,19). The van der Waals surface area contributed by atoms with Gasteiger partial charge >= 0.3 is 0 Å². The SMILES string of the molecule is COc1ccc(-c2csc(Nc3cccc(OC)c3)n2)cc1. The molecule has 0 amide bonds. The number of anilines is 2. The van der Waals surface area contributed by atoms with Crippen LogP contribution in [-0.4, -0.2) is 19.2 Å². The van der Waals surface area contributed by atoms with Gasteiger partial charge < -0.3 is 14.8 Å². The van der Waals surface area contributed by atoms with Crippen molar-refractivity contribution in [1.82, 2.24) is 4.98 Å². The molecule has 0 atom stereocenters. The lowest BCUT2D eigenvalue weighted by atomic mass is 10.2. The summed E-state index contributed by atoms with van der Waals surface area (Å²) in [6.07, 6.45) is 0. The minimum atomic E-state index is 0.817. The second-order valence-corrected chi connectivity index (χ2v) is 5.48. The Bertz CT molecular complexity index is 753. The molecule has 0 fully saturated rings. The van der Waals surface area contributed by atoms with E-state index in [9.17, 15) is 0 Å². The van der Waals surface area contributed by atoms with Gasteiger partial charge in [0.25, 0.3) is 0 Å². The number of thiazole rings is 1. The minimum absolute atomic E-state index is 0.817. The highest BCUT2D eigenvalue weighted by molar-refractivity contribution is 7.14. The Morgan fingerprint density at radius 3 is 2.45 bits per heavy atom. The molecule has 1 N–H and O–H groups in total. The molecule has 22 heavy (non-hydrogen) atoms. The summed E-state index contributed by atoms with van der Waals surface area (Å²) in [6.45, 7) is 0. The largest absolute Gasteiger partial charge is 0.497 e. The molecule has 0 saturated carbocycles. The lowest BCUT2D eigenvalue weighted by Crippen LogP contribution is -1.91. The molecule has 3 aromatic rings. The van der Waals surface area contributed by atoms with Gasteiger partial charge in [-0.25, -0.2) is 4.98 Å². The van der Waals surface area contributed by atoms with E-state index < -0.39 is 0 Å². The molecule has 0 aliphatic heterocycles. The van der Waals surface area contributed by atoms with Gasteiger partial charge in [0.2, 0.25) is 0 Å². The number of methoxy groups -OCH3 is 2. The van der Waals surface area contributed by atoms with E-state index in [4.69, 9.17) is 9.47 Å². The van der Waals surface area contributed by atoms with Crippen molar-refractivity contribution in [3.8, 4) is 22.8 Å². The number of ether oxygens (including phenoxy) is 2. The van der Waals surface area contributed by atoms with E-state index in [1.54, 1.807) is 25.6 Å². The Labute approximate surface area is 133 Å². The number of nitrogens with one attached hydrogen (secondary N) is 1. The van der Waals surface area contributed by atoms with Gasteiger partial charge in [0.15, 0.2) is 5.13 Å². The Hall–Kier alpha value is -2.53. The summed E-state index contributed by atoms with van der Waals surface area (Å²) in [5.74, 6) is 1.66. The molecule has 112 valence electrons. The van der Waals surface area contributed by atoms with E-state index in [0.717, 1.165) is 33.6 Å².